The van der Waals surface area contributed by atoms with Crippen molar-refractivity contribution in [3.8, 4) is 0 Å². The molecule has 0 saturated heterocycles. The summed E-state index contributed by atoms with van der Waals surface area (Å²) < 4.78 is 5.33. The van der Waals surface area contributed by atoms with Gasteiger partial charge in [-0.2, -0.15) is 0 Å². The fourth-order valence-electron chi connectivity index (χ4n) is 1.70. The van der Waals surface area contributed by atoms with Gasteiger partial charge < -0.3 is 15.5 Å². The van der Waals surface area contributed by atoms with Crippen LogP contribution in [0.25, 0.3) is 0 Å². The van der Waals surface area contributed by atoms with E-state index in [-0.39, 0.29) is 11.9 Å². The minimum atomic E-state index is -0.0744. The van der Waals surface area contributed by atoms with E-state index in [0.717, 1.165) is 18.6 Å². The molecule has 0 aliphatic heterocycles. The molecule has 4 nitrogen and oxygen atoms in total. The summed E-state index contributed by atoms with van der Waals surface area (Å²) in [6, 6.07) is 1.91. The number of carbonyl (C=O) groups excluding carboxylic acids is 1. The molecule has 1 aromatic rings. The Labute approximate surface area is 96.2 Å². The highest BCUT2D eigenvalue weighted by atomic mass is 16.3. The zero-order valence-corrected chi connectivity index (χ0v) is 10.2. The Morgan fingerprint density at radius 1 is 1.56 bits per heavy atom. The molecule has 1 unspecified atom stereocenters. The van der Waals surface area contributed by atoms with Gasteiger partial charge in [0, 0.05) is 6.04 Å². The number of carbonyl (C=O) groups is 1. The molecule has 1 aromatic heterocycles. The van der Waals surface area contributed by atoms with E-state index in [0.29, 0.717) is 17.9 Å². The smallest absolute Gasteiger partial charge is 0.255 e. The minimum absolute atomic E-state index is 0.0744. The summed E-state index contributed by atoms with van der Waals surface area (Å²) in [5.74, 6) is 1.35. The predicted molar refractivity (Wildman–Crippen MR) is 63.4 cm³/mol. The number of rotatable bonds is 5. The highest BCUT2D eigenvalue weighted by Gasteiger charge is 2.16. The van der Waals surface area contributed by atoms with Gasteiger partial charge in [0.2, 0.25) is 0 Å². The summed E-state index contributed by atoms with van der Waals surface area (Å²) in [5, 5.41) is 2.96. The van der Waals surface area contributed by atoms with Crippen molar-refractivity contribution < 1.29 is 9.21 Å². The van der Waals surface area contributed by atoms with Crippen LogP contribution in [-0.2, 0) is 0 Å². The molecular weight excluding hydrogens is 204 g/mol. The Morgan fingerprint density at radius 3 is 2.69 bits per heavy atom. The molecule has 90 valence electrons. The summed E-state index contributed by atoms with van der Waals surface area (Å²) in [6.45, 7) is 6.25. The third-order valence-corrected chi connectivity index (χ3v) is 2.63. The maximum atomic E-state index is 11.9. The van der Waals surface area contributed by atoms with Crippen molar-refractivity contribution >= 4 is 5.91 Å². The minimum Gasteiger partial charge on any atom is -0.466 e. The van der Waals surface area contributed by atoms with Crippen LogP contribution in [0.1, 0.15) is 41.6 Å². The van der Waals surface area contributed by atoms with Crippen molar-refractivity contribution in [1.29, 1.82) is 0 Å². The van der Waals surface area contributed by atoms with Crippen molar-refractivity contribution in [2.75, 3.05) is 6.54 Å². The highest BCUT2D eigenvalue weighted by Crippen LogP contribution is 2.13. The van der Waals surface area contributed by atoms with Gasteiger partial charge in [0.15, 0.2) is 0 Å². The lowest BCUT2D eigenvalue weighted by molar-refractivity contribution is 0.0933. The fourth-order valence-corrected chi connectivity index (χ4v) is 1.70. The lowest BCUT2D eigenvalue weighted by atomic mass is 10.1. The molecule has 0 radical (unpaired) electrons. The standard InChI is InChI=1S/C12H20N2O2/c1-4-10(5-6-13)14-12(15)11-7-8(2)16-9(11)3/h7,10H,4-6,13H2,1-3H3,(H,14,15). The first kappa shape index (κ1) is 12.8. The molecule has 0 bridgehead atoms. The van der Waals surface area contributed by atoms with E-state index in [1.54, 1.807) is 13.0 Å². The molecule has 1 amide bonds. The third kappa shape index (κ3) is 3.10. The second-order valence-corrected chi connectivity index (χ2v) is 3.98. The van der Waals surface area contributed by atoms with Gasteiger partial charge in [-0.3, -0.25) is 4.79 Å². The Bertz CT molecular complexity index is 358. The summed E-state index contributed by atoms with van der Waals surface area (Å²) >= 11 is 0. The summed E-state index contributed by atoms with van der Waals surface area (Å²) in [5.41, 5.74) is 6.10. The monoisotopic (exact) mass is 224 g/mol. The molecule has 16 heavy (non-hydrogen) atoms. The second kappa shape index (κ2) is 5.70. The van der Waals surface area contributed by atoms with Crippen LogP contribution < -0.4 is 11.1 Å². The predicted octanol–water partition coefficient (Wildman–Crippen LogP) is 1.75. The number of hydrogen-bond donors (Lipinski definition) is 2. The molecule has 0 aliphatic rings. The lowest BCUT2D eigenvalue weighted by Crippen LogP contribution is -2.35. The molecule has 4 heteroatoms. The number of amides is 1. The Morgan fingerprint density at radius 2 is 2.25 bits per heavy atom. The van der Waals surface area contributed by atoms with Crippen molar-refractivity contribution in [3.63, 3.8) is 0 Å². The fraction of sp³-hybridized carbons (Fsp3) is 0.583. The molecule has 1 atom stereocenters. The van der Waals surface area contributed by atoms with E-state index < -0.39 is 0 Å². The van der Waals surface area contributed by atoms with Gasteiger partial charge in [-0.15, -0.1) is 0 Å². The van der Waals surface area contributed by atoms with Crippen LogP contribution in [0.5, 0.6) is 0 Å². The highest BCUT2D eigenvalue weighted by molar-refractivity contribution is 5.95. The molecule has 0 spiro atoms. The summed E-state index contributed by atoms with van der Waals surface area (Å²) in [4.78, 5) is 11.9. The summed E-state index contributed by atoms with van der Waals surface area (Å²) in [6.07, 6.45) is 1.69. The Hall–Kier alpha value is -1.29. The number of nitrogens with one attached hydrogen (secondary N) is 1. The molecule has 1 heterocycles. The Kier molecular flexibility index (Phi) is 4.55. The first-order valence-corrected chi connectivity index (χ1v) is 5.66. The number of aryl methyl sites for hydroxylation is 2. The third-order valence-electron chi connectivity index (χ3n) is 2.63. The van der Waals surface area contributed by atoms with E-state index in [1.807, 2.05) is 13.8 Å². The molecule has 0 aliphatic carbocycles. The van der Waals surface area contributed by atoms with Gasteiger partial charge in [0.05, 0.1) is 5.56 Å². The molecule has 3 N–H and O–H groups in total. The molecule has 0 saturated carbocycles. The summed E-state index contributed by atoms with van der Waals surface area (Å²) in [7, 11) is 0. The van der Waals surface area contributed by atoms with Crippen LogP contribution in [0.4, 0.5) is 0 Å². The van der Waals surface area contributed by atoms with Gasteiger partial charge in [-0.25, -0.2) is 0 Å². The van der Waals surface area contributed by atoms with Crippen LogP contribution in [0.2, 0.25) is 0 Å². The van der Waals surface area contributed by atoms with Crippen LogP contribution in [0.15, 0.2) is 10.5 Å². The van der Waals surface area contributed by atoms with E-state index in [4.69, 9.17) is 10.2 Å². The molecule has 0 fully saturated rings. The van der Waals surface area contributed by atoms with Crippen molar-refractivity contribution in [3.05, 3.63) is 23.2 Å². The maximum absolute atomic E-state index is 11.9. The largest absolute Gasteiger partial charge is 0.466 e. The zero-order valence-electron chi connectivity index (χ0n) is 10.2. The molecule has 1 rings (SSSR count). The van der Waals surface area contributed by atoms with E-state index >= 15 is 0 Å². The number of furan rings is 1. The zero-order chi connectivity index (χ0) is 12.1. The lowest BCUT2D eigenvalue weighted by Gasteiger charge is -2.15. The van der Waals surface area contributed by atoms with Gasteiger partial charge >= 0.3 is 0 Å². The van der Waals surface area contributed by atoms with Crippen molar-refractivity contribution in [1.82, 2.24) is 5.32 Å². The van der Waals surface area contributed by atoms with Gasteiger partial charge in [-0.1, -0.05) is 6.92 Å². The number of nitrogens with two attached hydrogens (primary N) is 1. The van der Waals surface area contributed by atoms with Crippen LogP contribution in [-0.4, -0.2) is 18.5 Å². The first-order valence-electron chi connectivity index (χ1n) is 5.66. The first-order chi connectivity index (χ1) is 7.58. The normalized spacial score (nSPS) is 12.5. The SMILES string of the molecule is CCC(CCN)NC(=O)c1cc(C)oc1C. The van der Waals surface area contributed by atoms with Crippen molar-refractivity contribution in [2.45, 2.75) is 39.7 Å². The van der Waals surface area contributed by atoms with Gasteiger partial charge in [0.1, 0.15) is 11.5 Å². The number of hydrogen-bond acceptors (Lipinski definition) is 3. The second-order valence-electron chi connectivity index (χ2n) is 3.98. The van der Waals surface area contributed by atoms with E-state index in [2.05, 4.69) is 5.32 Å². The topological polar surface area (TPSA) is 68.3 Å². The average Bonchev–Trinajstić information content (AvgIpc) is 2.57. The Balaban J connectivity index is 2.67. The van der Waals surface area contributed by atoms with Crippen LogP contribution in [0, 0.1) is 13.8 Å². The quantitative estimate of drug-likeness (QED) is 0.800. The van der Waals surface area contributed by atoms with Gasteiger partial charge in [-0.05, 0) is 39.3 Å². The molecule has 0 aromatic carbocycles. The van der Waals surface area contributed by atoms with Gasteiger partial charge in [0.25, 0.3) is 5.91 Å². The van der Waals surface area contributed by atoms with Crippen molar-refractivity contribution in [2.24, 2.45) is 5.73 Å². The van der Waals surface area contributed by atoms with E-state index in [9.17, 15) is 4.79 Å². The average molecular weight is 224 g/mol. The van der Waals surface area contributed by atoms with Crippen LogP contribution >= 0.6 is 0 Å². The maximum Gasteiger partial charge on any atom is 0.255 e. The van der Waals surface area contributed by atoms with E-state index in [1.165, 1.54) is 0 Å². The molecular formula is C12H20N2O2. The van der Waals surface area contributed by atoms with Crippen LogP contribution in [0.3, 0.4) is 0 Å².